The molecule has 0 saturated heterocycles. The van der Waals surface area contributed by atoms with E-state index in [-0.39, 0.29) is 12.7 Å². The molecular formula is C19H22N2O4. The summed E-state index contributed by atoms with van der Waals surface area (Å²) >= 11 is 0. The highest BCUT2D eigenvalue weighted by atomic mass is 16.7. The number of carbonyl (C=O) groups excluding carboxylic acids is 1. The van der Waals surface area contributed by atoms with Gasteiger partial charge in [0.05, 0.1) is 17.9 Å². The van der Waals surface area contributed by atoms with E-state index >= 15 is 0 Å². The molecule has 1 aliphatic rings. The van der Waals surface area contributed by atoms with Crippen molar-refractivity contribution in [3.05, 3.63) is 52.8 Å². The fourth-order valence-corrected chi connectivity index (χ4v) is 2.80. The minimum Gasteiger partial charge on any atom is -0.454 e. The van der Waals surface area contributed by atoms with Crippen LogP contribution in [-0.2, 0) is 11.3 Å². The average Bonchev–Trinajstić information content (AvgIpc) is 3.05. The summed E-state index contributed by atoms with van der Waals surface area (Å²) in [4.78, 5) is 19.2. The molecule has 25 heavy (non-hydrogen) atoms. The second kappa shape index (κ2) is 7.53. The highest BCUT2D eigenvalue weighted by Crippen LogP contribution is 2.32. The van der Waals surface area contributed by atoms with Gasteiger partial charge in [-0.25, -0.2) is 0 Å². The van der Waals surface area contributed by atoms with Crippen LogP contribution in [0.1, 0.15) is 27.3 Å². The summed E-state index contributed by atoms with van der Waals surface area (Å²) in [5, 5.41) is 0. The number of nitrogens with zero attached hydrogens (tertiary/aromatic N) is 2. The molecule has 2 heterocycles. The van der Waals surface area contributed by atoms with Crippen LogP contribution in [-0.4, -0.2) is 42.8 Å². The smallest absolute Gasteiger partial charge is 0.256 e. The van der Waals surface area contributed by atoms with Crippen molar-refractivity contribution in [2.45, 2.75) is 20.4 Å². The lowest BCUT2D eigenvalue weighted by atomic mass is 10.1. The molecular weight excluding hydrogens is 320 g/mol. The third kappa shape index (κ3) is 3.91. The van der Waals surface area contributed by atoms with Crippen LogP contribution in [0.5, 0.6) is 11.5 Å². The number of benzene rings is 1. The van der Waals surface area contributed by atoms with E-state index in [1.165, 1.54) is 0 Å². The largest absolute Gasteiger partial charge is 0.454 e. The van der Waals surface area contributed by atoms with Crippen LogP contribution in [0.4, 0.5) is 0 Å². The van der Waals surface area contributed by atoms with Crippen LogP contribution >= 0.6 is 0 Å². The number of fused-ring (bicyclic) bond motifs is 1. The molecule has 0 saturated carbocycles. The maximum absolute atomic E-state index is 13.0. The van der Waals surface area contributed by atoms with Gasteiger partial charge in [0.1, 0.15) is 0 Å². The molecule has 0 bridgehead atoms. The van der Waals surface area contributed by atoms with Gasteiger partial charge >= 0.3 is 0 Å². The lowest BCUT2D eigenvalue weighted by molar-refractivity contribution is 0.0679. The predicted octanol–water partition coefficient (Wildman–Crippen LogP) is 2.72. The Balaban J connectivity index is 1.82. The summed E-state index contributed by atoms with van der Waals surface area (Å²) in [7, 11) is 1.63. The summed E-state index contributed by atoms with van der Waals surface area (Å²) in [5.74, 6) is 1.39. The first kappa shape index (κ1) is 17.2. The van der Waals surface area contributed by atoms with E-state index in [4.69, 9.17) is 14.2 Å². The van der Waals surface area contributed by atoms with Crippen LogP contribution in [0.2, 0.25) is 0 Å². The highest BCUT2D eigenvalue weighted by molar-refractivity contribution is 5.95. The number of methoxy groups -OCH3 is 1. The molecule has 0 aliphatic carbocycles. The number of aryl methyl sites for hydroxylation is 2. The van der Waals surface area contributed by atoms with Crippen molar-refractivity contribution in [2.75, 3.05) is 27.1 Å². The first-order valence-corrected chi connectivity index (χ1v) is 8.19. The number of carbonyl (C=O) groups is 1. The molecule has 6 heteroatoms. The van der Waals surface area contributed by atoms with E-state index in [9.17, 15) is 4.79 Å². The van der Waals surface area contributed by atoms with E-state index < -0.39 is 0 Å². The predicted molar refractivity (Wildman–Crippen MR) is 92.9 cm³/mol. The minimum atomic E-state index is -0.0558. The van der Waals surface area contributed by atoms with Gasteiger partial charge in [0.15, 0.2) is 11.5 Å². The Kier molecular flexibility index (Phi) is 5.19. The molecule has 0 N–H and O–H groups in total. The van der Waals surface area contributed by atoms with E-state index in [1.54, 1.807) is 12.0 Å². The standard InChI is InChI=1S/C19H22N2O4/c1-13-4-6-16(14(2)20-13)19(22)21(8-9-23-3)11-15-5-7-17-18(10-15)25-12-24-17/h4-7,10H,8-9,11-12H2,1-3H3. The number of hydrogen-bond acceptors (Lipinski definition) is 5. The van der Waals surface area contributed by atoms with Gasteiger partial charge in [-0.05, 0) is 43.7 Å². The second-order valence-corrected chi connectivity index (χ2v) is 5.99. The molecule has 0 spiro atoms. The first-order valence-electron chi connectivity index (χ1n) is 8.19. The first-order chi connectivity index (χ1) is 12.1. The summed E-state index contributed by atoms with van der Waals surface area (Å²) in [6, 6.07) is 9.42. The lowest BCUT2D eigenvalue weighted by Gasteiger charge is -2.23. The Morgan fingerprint density at radius 1 is 1.20 bits per heavy atom. The van der Waals surface area contributed by atoms with Crippen LogP contribution in [0.3, 0.4) is 0 Å². The van der Waals surface area contributed by atoms with Crippen molar-refractivity contribution in [3.8, 4) is 11.5 Å². The zero-order chi connectivity index (χ0) is 17.8. The number of ether oxygens (including phenoxy) is 3. The monoisotopic (exact) mass is 342 g/mol. The third-order valence-electron chi connectivity index (χ3n) is 4.12. The molecule has 0 unspecified atom stereocenters. The van der Waals surface area contributed by atoms with Crippen LogP contribution in [0, 0.1) is 13.8 Å². The van der Waals surface area contributed by atoms with E-state index in [2.05, 4.69) is 4.98 Å². The molecule has 3 rings (SSSR count). The van der Waals surface area contributed by atoms with Gasteiger partial charge in [-0.2, -0.15) is 0 Å². The molecule has 0 fully saturated rings. The summed E-state index contributed by atoms with van der Waals surface area (Å²) in [5.41, 5.74) is 3.22. The molecule has 2 aromatic rings. The minimum absolute atomic E-state index is 0.0558. The van der Waals surface area contributed by atoms with Crippen molar-refractivity contribution in [3.63, 3.8) is 0 Å². The van der Waals surface area contributed by atoms with Gasteiger partial charge in [-0.15, -0.1) is 0 Å². The number of rotatable bonds is 6. The van der Waals surface area contributed by atoms with Crippen molar-refractivity contribution in [2.24, 2.45) is 0 Å². The quantitative estimate of drug-likeness (QED) is 0.808. The molecule has 1 aromatic heterocycles. The van der Waals surface area contributed by atoms with Gasteiger partial charge < -0.3 is 19.1 Å². The van der Waals surface area contributed by atoms with Crippen LogP contribution < -0.4 is 9.47 Å². The number of amides is 1. The van der Waals surface area contributed by atoms with E-state index in [0.29, 0.717) is 31.0 Å². The van der Waals surface area contributed by atoms with Crippen molar-refractivity contribution in [1.82, 2.24) is 9.88 Å². The van der Waals surface area contributed by atoms with Gasteiger partial charge in [0.2, 0.25) is 6.79 Å². The Labute approximate surface area is 147 Å². The topological polar surface area (TPSA) is 60.9 Å². The molecule has 1 aliphatic heterocycles. The molecule has 1 aromatic carbocycles. The molecule has 1 amide bonds. The molecule has 6 nitrogen and oxygen atoms in total. The lowest BCUT2D eigenvalue weighted by Crippen LogP contribution is -2.34. The maximum atomic E-state index is 13.0. The summed E-state index contributed by atoms with van der Waals surface area (Å²) in [6.45, 7) is 5.43. The Hall–Kier alpha value is -2.60. The van der Waals surface area contributed by atoms with Gasteiger partial charge in [0.25, 0.3) is 5.91 Å². The van der Waals surface area contributed by atoms with E-state index in [1.807, 2.05) is 44.2 Å². The van der Waals surface area contributed by atoms with Crippen LogP contribution in [0.25, 0.3) is 0 Å². The molecule has 0 radical (unpaired) electrons. The normalized spacial score (nSPS) is 12.3. The van der Waals surface area contributed by atoms with Crippen LogP contribution in [0.15, 0.2) is 30.3 Å². The van der Waals surface area contributed by atoms with Crippen molar-refractivity contribution in [1.29, 1.82) is 0 Å². The van der Waals surface area contributed by atoms with Crippen molar-refractivity contribution < 1.29 is 19.0 Å². The Morgan fingerprint density at radius 2 is 2.00 bits per heavy atom. The average molecular weight is 342 g/mol. The summed E-state index contributed by atoms with van der Waals surface area (Å²) in [6.07, 6.45) is 0. The van der Waals surface area contributed by atoms with Gasteiger partial charge in [-0.3, -0.25) is 9.78 Å². The van der Waals surface area contributed by atoms with Gasteiger partial charge in [0, 0.05) is 25.9 Å². The maximum Gasteiger partial charge on any atom is 0.256 e. The third-order valence-corrected chi connectivity index (χ3v) is 4.12. The van der Waals surface area contributed by atoms with Crippen molar-refractivity contribution >= 4 is 5.91 Å². The second-order valence-electron chi connectivity index (χ2n) is 5.99. The number of hydrogen-bond donors (Lipinski definition) is 0. The SMILES string of the molecule is COCCN(Cc1ccc2c(c1)OCO2)C(=O)c1ccc(C)nc1C. The zero-order valence-electron chi connectivity index (χ0n) is 14.7. The molecule has 132 valence electrons. The number of aromatic nitrogens is 1. The number of pyridine rings is 1. The zero-order valence-corrected chi connectivity index (χ0v) is 14.7. The Bertz CT molecular complexity index is 776. The van der Waals surface area contributed by atoms with Gasteiger partial charge in [-0.1, -0.05) is 6.07 Å². The molecule has 0 atom stereocenters. The Morgan fingerprint density at radius 3 is 2.76 bits per heavy atom. The highest BCUT2D eigenvalue weighted by Gasteiger charge is 2.20. The summed E-state index contributed by atoms with van der Waals surface area (Å²) < 4.78 is 15.9. The fourth-order valence-electron chi connectivity index (χ4n) is 2.80. The van der Waals surface area contributed by atoms with E-state index in [0.717, 1.165) is 22.7 Å². The fraction of sp³-hybridized carbons (Fsp3) is 0.368.